The van der Waals surface area contributed by atoms with E-state index in [1.54, 1.807) is 14.1 Å². The molecule has 0 aliphatic heterocycles. The smallest absolute Gasteiger partial charge is 0.220 e. The molecular formula is C30H54N2O3. The number of carbonyl (C=O) groups is 1. The van der Waals surface area contributed by atoms with Crippen LogP contribution in [0.2, 0.25) is 0 Å². The van der Waals surface area contributed by atoms with Crippen LogP contribution in [-0.4, -0.2) is 48.9 Å². The number of quaternary nitrogens is 1. The Hall–Kier alpha value is -0.650. The van der Waals surface area contributed by atoms with Crippen LogP contribution in [0.25, 0.3) is 0 Å². The van der Waals surface area contributed by atoms with Crippen LogP contribution >= 0.6 is 0 Å². The monoisotopic (exact) mass is 490 g/mol. The molecule has 4 rings (SSSR count). The summed E-state index contributed by atoms with van der Waals surface area (Å²) in [5.74, 6) is 5.41. The second-order valence-electron chi connectivity index (χ2n) is 14.3. The van der Waals surface area contributed by atoms with Gasteiger partial charge in [0.25, 0.3) is 0 Å². The number of hydroxylamine groups is 3. The van der Waals surface area contributed by atoms with E-state index in [1.807, 2.05) is 0 Å². The minimum Gasteiger partial charge on any atom is -0.633 e. The first kappa shape index (κ1) is 27.4. The van der Waals surface area contributed by atoms with E-state index in [1.165, 1.54) is 38.5 Å². The SMILES string of the molecule is CC(CCC(=O)NCCC[N+](C)(C)[O-])C1CCC2C3CCC4CC(O)CCC4(C)C3CC(C)C12C. The van der Waals surface area contributed by atoms with Gasteiger partial charge in [-0.25, -0.2) is 0 Å². The summed E-state index contributed by atoms with van der Waals surface area (Å²) in [5, 5.41) is 25.1. The highest BCUT2D eigenvalue weighted by Crippen LogP contribution is 2.69. The predicted octanol–water partition coefficient (Wildman–Crippen LogP) is 5.75. The topological polar surface area (TPSA) is 72.4 Å². The molecule has 5 heteroatoms. The van der Waals surface area contributed by atoms with Crippen LogP contribution in [0.4, 0.5) is 0 Å². The van der Waals surface area contributed by atoms with Gasteiger partial charge in [0.1, 0.15) is 0 Å². The summed E-state index contributed by atoms with van der Waals surface area (Å²) in [7, 11) is 3.30. The van der Waals surface area contributed by atoms with Gasteiger partial charge >= 0.3 is 0 Å². The number of nitrogens with one attached hydrogen (secondary N) is 1. The quantitative estimate of drug-likeness (QED) is 0.258. The van der Waals surface area contributed by atoms with E-state index in [0.717, 1.165) is 55.3 Å². The maximum Gasteiger partial charge on any atom is 0.220 e. The number of fused-ring (bicyclic) bond motifs is 5. The average molecular weight is 491 g/mol. The second kappa shape index (κ2) is 10.3. The molecule has 4 fully saturated rings. The molecule has 0 bridgehead atoms. The maximum atomic E-state index is 12.5. The summed E-state index contributed by atoms with van der Waals surface area (Å²) in [6, 6.07) is 0. The fourth-order valence-corrected chi connectivity index (χ4v) is 9.87. The third-order valence-corrected chi connectivity index (χ3v) is 12.0. The number of amides is 1. The lowest BCUT2D eigenvalue weighted by molar-refractivity contribution is -0.840. The van der Waals surface area contributed by atoms with Gasteiger partial charge in [0.05, 0.1) is 26.7 Å². The lowest BCUT2D eigenvalue weighted by Gasteiger charge is -2.63. The second-order valence-corrected chi connectivity index (χ2v) is 14.3. The fraction of sp³-hybridized carbons (Fsp3) is 0.967. The van der Waals surface area contributed by atoms with Gasteiger partial charge in [0.2, 0.25) is 5.91 Å². The normalized spacial score (nSPS) is 44.2. The van der Waals surface area contributed by atoms with Crippen LogP contribution in [0, 0.1) is 57.5 Å². The molecule has 35 heavy (non-hydrogen) atoms. The van der Waals surface area contributed by atoms with Crippen LogP contribution < -0.4 is 5.32 Å². The minimum atomic E-state index is -0.296. The largest absolute Gasteiger partial charge is 0.633 e. The van der Waals surface area contributed by atoms with Gasteiger partial charge in [-0.05, 0) is 110 Å². The molecule has 0 aromatic carbocycles. The Morgan fingerprint density at radius 2 is 1.86 bits per heavy atom. The number of nitrogens with zero attached hydrogens (tertiary/aromatic N) is 1. The van der Waals surface area contributed by atoms with E-state index in [0.29, 0.717) is 42.2 Å². The lowest BCUT2D eigenvalue weighted by atomic mass is 9.42. The third-order valence-electron chi connectivity index (χ3n) is 12.0. The zero-order valence-electron chi connectivity index (χ0n) is 23.5. The molecule has 4 saturated carbocycles. The van der Waals surface area contributed by atoms with Gasteiger partial charge in [-0.15, -0.1) is 0 Å². The molecule has 10 atom stereocenters. The highest BCUT2D eigenvalue weighted by Gasteiger charge is 2.62. The Balaban J connectivity index is 1.35. The first-order valence-corrected chi connectivity index (χ1v) is 14.8. The van der Waals surface area contributed by atoms with Gasteiger partial charge in [0, 0.05) is 19.4 Å². The van der Waals surface area contributed by atoms with E-state index in [-0.39, 0.29) is 16.7 Å². The molecule has 4 aliphatic rings. The van der Waals surface area contributed by atoms with Crippen molar-refractivity contribution in [1.82, 2.24) is 5.32 Å². The number of rotatable bonds is 8. The molecule has 0 spiro atoms. The van der Waals surface area contributed by atoms with Gasteiger partial charge < -0.3 is 20.3 Å². The Kier molecular flexibility index (Phi) is 8.02. The Morgan fingerprint density at radius 1 is 1.11 bits per heavy atom. The molecule has 0 radical (unpaired) electrons. The highest BCUT2D eigenvalue weighted by molar-refractivity contribution is 5.75. The Bertz CT molecular complexity index is 750. The molecule has 10 unspecified atom stereocenters. The summed E-state index contributed by atoms with van der Waals surface area (Å²) in [5.41, 5.74) is 0.825. The number of aliphatic hydroxyl groups excluding tert-OH is 1. The molecule has 2 N–H and O–H groups in total. The van der Waals surface area contributed by atoms with E-state index in [9.17, 15) is 15.1 Å². The number of carbonyl (C=O) groups excluding carboxylic acids is 1. The van der Waals surface area contributed by atoms with Crippen molar-refractivity contribution in [1.29, 1.82) is 0 Å². The van der Waals surface area contributed by atoms with Crippen molar-refractivity contribution in [2.24, 2.45) is 52.3 Å². The zero-order chi connectivity index (χ0) is 25.6. The average Bonchev–Trinajstić information content (AvgIpc) is 3.14. The molecule has 4 aliphatic carbocycles. The lowest BCUT2D eigenvalue weighted by Crippen LogP contribution is -2.56. The number of aliphatic hydroxyl groups is 1. The molecule has 0 aromatic rings. The van der Waals surface area contributed by atoms with Crippen molar-refractivity contribution in [2.75, 3.05) is 27.2 Å². The van der Waals surface area contributed by atoms with Gasteiger partial charge in [-0.2, -0.15) is 0 Å². The van der Waals surface area contributed by atoms with Crippen molar-refractivity contribution in [2.45, 2.75) is 104 Å². The summed E-state index contributed by atoms with van der Waals surface area (Å²) in [6.07, 6.45) is 12.2. The minimum absolute atomic E-state index is 0.0671. The molecule has 202 valence electrons. The van der Waals surface area contributed by atoms with Gasteiger partial charge in [-0.3, -0.25) is 4.79 Å². The van der Waals surface area contributed by atoms with Crippen LogP contribution in [0.1, 0.15) is 98.3 Å². The van der Waals surface area contributed by atoms with Gasteiger partial charge in [-0.1, -0.05) is 27.7 Å². The van der Waals surface area contributed by atoms with E-state index in [2.05, 4.69) is 33.0 Å². The first-order chi connectivity index (χ1) is 16.4. The van der Waals surface area contributed by atoms with Crippen LogP contribution in [0.5, 0.6) is 0 Å². The number of hydrogen-bond donors (Lipinski definition) is 2. The summed E-state index contributed by atoms with van der Waals surface area (Å²) < 4.78 is -0.296. The highest BCUT2D eigenvalue weighted by atomic mass is 16.5. The Morgan fingerprint density at radius 3 is 2.57 bits per heavy atom. The molecule has 0 aromatic heterocycles. The fourth-order valence-electron chi connectivity index (χ4n) is 9.87. The third kappa shape index (κ3) is 5.34. The molecule has 5 nitrogen and oxygen atoms in total. The van der Waals surface area contributed by atoms with E-state index >= 15 is 0 Å². The predicted molar refractivity (Wildman–Crippen MR) is 142 cm³/mol. The first-order valence-electron chi connectivity index (χ1n) is 14.8. The van der Waals surface area contributed by atoms with Crippen molar-refractivity contribution < 1.29 is 14.5 Å². The van der Waals surface area contributed by atoms with Crippen molar-refractivity contribution in [3.05, 3.63) is 5.21 Å². The molecular weight excluding hydrogens is 436 g/mol. The zero-order valence-corrected chi connectivity index (χ0v) is 23.5. The van der Waals surface area contributed by atoms with Crippen molar-refractivity contribution in [3.8, 4) is 0 Å². The Labute approximate surface area is 215 Å². The standard InChI is InChI=1S/C30H54N2O3/c1-20(8-13-28(34)31-16-7-17-32(5,6)35)25-11-12-26-24-10-9-22-19-23(33)14-15-29(22,3)27(24)18-21(2)30(25,26)4/h20-27,33H,7-19H2,1-6H3,(H,31,34). The maximum absolute atomic E-state index is 12.5. The molecule has 0 heterocycles. The van der Waals surface area contributed by atoms with Gasteiger partial charge in [0.15, 0.2) is 0 Å². The van der Waals surface area contributed by atoms with E-state index < -0.39 is 0 Å². The van der Waals surface area contributed by atoms with Crippen molar-refractivity contribution in [3.63, 3.8) is 0 Å². The summed E-state index contributed by atoms with van der Waals surface area (Å²) in [6.45, 7) is 11.3. The van der Waals surface area contributed by atoms with Crippen LogP contribution in [0.3, 0.4) is 0 Å². The molecule has 0 saturated heterocycles. The molecule has 1 amide bonds. The van der Waals surface area contributed by atoms with Crippen LogP contribution in [-0.2, 0) is 4.79 Å². The van der Waals surface area contributed by atoms with E-state index in [4.69, 9.17) is 0 Å². The van der Waals surface area contributed by atoms with Crippen molar-refractivity contribution >= 4 is 5.91 Å². The van der Waals surface area contributed by atoms with Crippen LogP contribution in [0.15, 0.2) is 0 Å². The summed E-state index contributed by atoms with van der Waals surface area (Å²) >= 11 is 0. The summed E-state index contributed by atoms with van der Waals surface area (Å²) in [4.78, 5) is 12.5. The number of hydrogen-bond acceptors (Lipinski definition) is 3.